The Morgan fingerprint density at radius 3 is 2.93 bits per heavy atom. The van der Waals surface area contributed by atoms with Crippen LogP contribution in [0.5, 0.6) is 0 Å². The van der Waals surface area contributed by atoms with E-state index >= 15 is 0 Å². The van der Waals surface area contributed by atoms with Gasteiger partial charge in [0.2, 0.25) is 0 Å². The Morgan fingerprint density at radius 2 is 2.36 bits per heavy atom. The molecule has 0 aliphatic rings. The fraction of sp³-hybridized carbons (Fsp3) is 0.111. The van der Waals surface area contributed by atoms with Crippen molar-refractivity contribution in [1.29, 1.82) is 0 Å². The van der Waals surface area contributed by atoms with Gasteiger partial charge < -0.3 is 5.11 Å². The van der Waals surface area contributed by atoms with Crippen molar-refractivity contribution in [3.8, 4) is 0 Å². The van der Waals surface area contributed by atoms with Gasteiger partial charge in [-0.2, -0.15) is 0 Å². The molecule has 1 rings (SSSR count). The lowest BCUT2D eigenvalue weighted by Gasteiger charge is -2.04. The summed E-state index contributed by atoms with van der Waals surface area (Å²) in [5.41, 5.74) is 1.11. The van der Waals surface area contributed by atoms with Gasteiger partial charge in [0.05, 0.1) is 5.69 Å². The summed E-state index contributed by atoms with van der Waals surface area (Å²) in [6.45, 7) is 0. The number of aliphatic imine (C=N–C) groups is 1. The van der Waals surface area contributed by atoms with Crippen LogP contribution in [0.4, 0.5) is 10.5 Å². The Kier molecular flexibility index (Phi) is 3.48. The third kappa shape index (κ3) is 2.74. The fourth-order valence-corrected chi connectivity index (χ4v) is 1.19. The molecule has 0 fully saturated rings. The summed E-state index contributed by atoms with van der Waals surface area (Å²) in [6, 6.07) is 4.84. The highest BCUT2D eigenvalue weighted by molar-refractivity contribution is 6.31. The molecule has 0 radical (unpaired) electrons. The third-order valence-corrected chi connectivity index (χ3v) is 1.76. The van der Waals surface area contributed by atoms with E-state index in [1.165, 1.54) is 6.21 Å². The van der Waals surface area contributed by atoms with Gasteiger partial charge in [-0.3, -0.25) is 10.3 Å². The molecule has 14 heavy (non-hydrogen) atoms. The predicted octanol–water partition coefficient (Wildman–Crippen LogP) is 2.48. The Morgan fingerprint density at radius 1 is 1.64 bits per heavy atom. The van der Waals surface area contributed by atoms with E-state index in [2.05, 4.69) is 10.3 Å². The molecule has 2 N–H and O–H groups in total. The van der Waals surface area contributed by atoms with E-state index in [1.807, 2.05) is 0 Å². The van der Waals surface area contributed by atoms with Crippen molar-refractivity contribution in [2.75, 3.05) is 12.4 Å². The number of rotatable bonds is 2. The molecule has 5 heteroatoms. The minimum atomic E-state index is -1.11. The van der Waals surface area contributed by atoms with E-state index in [9.17, 15) is 4.79 Å². The number of anilines is 1. The zero-order valence-electron chi connectivity index (χ0n) is 7.49. The largest absolute Gasteiger partial charge is 0.465 e. The number of hydrogen-bond donors (Lipinski definition) is 2. The first-order valence-electron chi connectivity index (χ1n) is 3.85. The standard InChI is InChI=1S/C9H9ClN2O2/c1-11-5-6-4-7(10)2-3-8(6)12-9(13)14/h2-5,12H,1H3,(H,13,14). The van der Waals surface area contributed by atoms with E-state index in [0.717, 1.165) is 0 Å². The Hall–Kier alpha value is -1.55. The summed E-state index contributed by atoms with van der Waals surface area (Å²) in [6.07, 6.45) is 0.426. The van der Waals surface area contributed by atoms with Gasteiger partial charge in [-0.25, -0.2) is 4.79 Å². The van der Waals surface area contributed by atoms with E-state index in [4.69, 9.17) is 16.7 Å². The molecule has 0 aliphatic heterocycles. The van der Waals surface area contributed by atoms with Crippen LogP contribution in [-0.2, 0) is 0 Å². The molecular weight excluding hydrogens is 204 g/mol. The van der Waals surface area contributed by atoms with Crippen molar-refractivity contribution in [1.82, 2.24) is 0 Å². The average Bonchev–Trinajstić information content (AvgIpc) is 2.09. The van der Waals surface area contributed by atoms with Crippen LogP contribution in [0, 0.1) is 0 Å². The second-order valence-corrected chi connectivity index (χ2v) is 2.99. The molecule has 4 nitrogen and oxygen atoms in total. The maximum atomic E-state index is 10.4. The maximum Gasteiger partial charge on any atom is 0.409 e. The molecular formula is C9H9ClN2O2. The van der Waals surface area contributed by atoms with Gasteiger partial charge in [-0.05, 0) is 18.2 Å². The SMILES string of the molecule is CN=Cc1cc(Cl)ccc1NC(=O)O. The van der Waals surface area contributed by atoms with Crippen LogP contribution in [-0.4, -0.2) is 24.5 Å². The molecule has 0 saturated carbocycles. The molecule has 74 valence electrons. The van der Waals surface area contributed by atoms with Crippen molar-refractivity contribution < 1.29 is 9.90 Å². The number of hydrogen-bond acceptors (Lipinski definition) is 2. The number of nitrogens with zero attached hydrogens (tertiary/aromatic N) is 1. The van der Waals surface area contributed by atoms with Gasteiger partial charge in [0.25, 0.3) is 0 Å². The first-order valence-corrected chi connectivity index (χ1v) is 4.23. The van der Waals surface area contributed by atoms with Crippen LogP contribution in [0.15, 0.2) is 23.2 Å². The van der Waals surface area contributed by atoms with Crippen LogP contribution in [0.3, 0.4) is 0 Å². The third-order valence-electron chi connectivity index (χ3n) is 1.52. The van der Waals surface area contributed by atoms with Crippen molar-refractivity contribution in [3.63, 3.8) is 0 Å². The fourth-order valence-electron chi connectivity index (χ4n) is 1.01. The summed E-state index contributed by atoms with van der Waals surface area (Å²) < 4.78 is 0. The van der Waals surface area contributed by atoms with Crippen molar-refractivity contribution in [2.24, 2.45) is 4.99 Å². The number of benzene rings is 1. The zero-order valence-corrected chi connectivity index (χ0v) is 8.25. The number of nitrogens with one attached hydrogen (secondary N) is 1. The second kappa shape index (κ2) is 4.62. The van der Waals surface area contributed by atoms with Crippen molar-refractivity contribution in [2.45, 2.75) is 0 Å². The van der Waals surface area contributed by atoms with Gasteiger partial charge in [0.15, 0.2) is 0 Å². The van der Waals surface area contributed by atoms with Gasteiger partial charge in [0.1, 0.15) is 0 Å². The van der Waals surface area contributed by atoms with Crippen LogP contribution in [0.25, 0.3) is 0 Å². The lowest BCUT2D eigenvalue weighted by atomic mass is 10.2. The monoisotopic (exact) mass is 212 g/mol. The minimum Gasteiger partial charge on any atom is -0.465 e. The highest BCUT2D eigenvalue weighted by atomic mass is 35.5. The molecule has 0 bridgehead atoms. The molecule has 1 aromatic rings. The number of carbonyl (C=O) groups is 1. The Labute approximate surface area is 86.2 Å². The molecule has 0 aromatic heterocycles. The Balaban J connectivity index is 3.07. The van der Waals surface area contributed by atoms with Crippen LogP contribution in [0.1, 0.15) is 5.56 Å². The highest BCUT2D eigenvalue weighted by Crippen LogP contribution is 2.18. The number of carboxylic acid groups (broad SMARTS) is 1. The van der Waals surface area contributed by atoms with Gasteiger partial charge >= 0.3 is 6.09 Å². The summed E-state index contributed by atoms with van der Waals surface area (Å²) in [4.78, 5) is 14.2. The van der Waals surface area contributed by atoms with Crippen LogP contribution < -0.4 is 5.32 Å². The molecule has 1 amide bonds. The predicted molar refractivity (Wildman–Crippen MR) is 56.6 cm³/mol. The summed E-state index contributed by atoms with van der Waals surface area (Å²) in [5, 5.41) is 11.3. The quantitative estimate of drug-likeness (QED) is 0.740. The van der Waals surface area contributed by atoms with Gasteiger partial charge in [0, 0.05) is 23.8 Å². The molecule has 0 atom stereocenters. The molecule has 0 spiro atoms. The van der Waals surface area contributed by atoms with Crippen molar-refractivity contribution >= 4 is 29.6 Å². The smallest absolute Gasteiger partial charge is 0.409 e. The second-order valence-electron chi connectivity index (χ2n) is 2.55. The molecule has 0 aliphatic carbocycles. The number of amides is 1. The zero-order chi connectivity index (χ0) is 10.6. The maximum absolute atomic E-state index is 10.4. The van der Waals surface area contributed by atoms with E-state index in [0.29, 0.717) is 16.3 Å². The molecule has 0 unspecified atom stereocenters. The van der Waals surface area contributed by atoms with Gasteiger partial charge in [-0.1, -0.05) is 11.6 Å². The molecule has 1 aromatic carbocycles. The average molecular weight is 213 g/mol. The normalized spacial score (nSPS) is 10.4. The highest BCUT2D eigenvalue weighted by Gasteiger charge is 2.03. The molecule has 0 saturated heterocycles. The van der Waals surface area contributed by atoms with Crippen LogP contribution in [0.2, 0.25) is 5.02 Å². The van der Waals surface area contributed by atoms with E-state index in [-0.39, 0.29) is 0 Å². The van der Waals surface area contributed by atoms with Crippen LogP contribution >= 0.6 is 11.6 Å². The first-order chi connectivity index (χ1) is 6.63. The van der Waals surface area contributed by atoms with E-state index < -0.39 is 6.09 Å². The first kappa shape index (κ1) is 10.5. The summed E-state index contributed by atoms with van der Waals surface area (Å²) >= 11 is 5.75. The lowest BCUT2D eigenvalue weighted by Crippen LogP contribution is -2.09. The Bertz CT molecular complexity index is 377. The molecule has 0 heterocycles. The lowest BCUT2D eigenvalue weighted by molar-refractivity contribution is 0.209. The van der Waals surface area contributed by atoms with Gasteiger partial charge in [-0.15, -0.1) is 0 Å². The number of halogens is 1. The van der Waals surface area contributed by atoms with E-state index in [1.54, 1.807) is 25.2 Å². The topological polar surface area (TPSA) is 61.7 Å². The van der Waals surface area contributed by atoms with Crippen molar-refractivity contribution in [3.05, 3.63) is 28.8 Å². The summed E-state index contributed by atoms with van der Waals surface area (Å²) in [7, 11) is 1.60. The minimum absolute atomic E-state index is 0.465. The summed E-state index contributed by atoms with van der Waals surface area (Å²) in [5.74, 6) is 0.